The molecule has 4 heteroatoms. The van der Waals surface area contributed by atoms with Crippen LogP contribution in [-0.4, -0.2) is 11.6 Å². The normalized spacial score (nSPS) is 21.2. The first-order valence-corrected chi connectivity index (χ1v) is 7.41. The van der Waals surface area contributed by atoms with Crippen molar-refractivity contribution >= 4 is 34.2 Å². The summed E-state index contributed by atoms with van der Waals surface area (Å²) >= 11 is 2.17. The molecule has 0 radical (unpaired) electrons. The maximum Gasteiger partial charge on any atom is 0.272 e. The summed E-state index contributed by atoms with van der Waals surface area (Å²) in [6, 6.07) is 7.54. The Kier molecular flexibility index (Phi) is 4.74. The van der Waals surface area contributed by atoms with Gasteiger partial charge in [0.25, 0.3) is 5.91 Å². The van der Waals surface area contributed by atoms with E-state index in [0.717, 1.165) is 22.1 Å². The van der Waals surface area contributed by atoms with Gasteiger partial charge in [0.05, 0.1) is 5.56 Å². The molecule has 1 unspecified atom stereocenters. The van der Waals surface area contributed by atoms with E-state index in [1.165, 1.54) is 12.8 Å². The van der Waals surface area contributed by atoms with Crippen molar-refractivity contribution < 1.29 is 4.79 Å². The molecule has 3 nitrogen and oxygen atoms in total. The lowest BCUT2D eigenvalue weighted by atomic mass is 10.0. The van der Waals surface area contributed by atoms with Gasteiger partial charge in [0.2, 0.25) is 0 Å². The van der Waals surface area contributed by atoms with Crippen LogP contribution in [0.5, 0.6) is 0 Å². The van der Waals surface area contributed by atoms with Gasteiger partial charge in [-0.15, -0.1) is 0 Å². The van der Waals surface area contributed by atoms with Crippen molar-refractivity contribution in [2.75, 3.05) is 0 Å². The van der Waals surface area contributed by atoms with Crippen LogP contribution in [0.1, 0.15) is 43.0 Å². The Morgan fingerprint density at radius 2 is 2.28 bits per heavy atom. The van der Waals surface area contributed by atoms with Crippen LogP contribution in [0, 0.1) is 9.49 Å². The van der Waals surface area contributed by atoms with Crippen LogP contribution >= 0.6 is 22.6 Å². The Balaban J connectivity index is 2.04. The number of hydrazone groups is 1. The molecule has 1 aromatic rings. The van der Waals surface area contributed by atoms with E-state index < -0.39 is 0 Å². The van der Waals surface area contributed by atoms with Crippen molar-refractivity contribution in [3.8, 4) is 0 Å². The Hall–Kier alpha value is -0.910. The molecule has 1 N–H and O–H groups in total. The van der Waals surface area contributed by atoms with Crippen molar-refractivity contribution in [2.24, 2.45) is 11.0 Å². The van der Waals surface area contributed by atoms with E-state index in [-0.39, 0.29) is 5.91 Å². The summed E-state index contributed by atoms with van der Waals surface area (Å²) in [7, 11) is 0. The highest BCUT2D eigenvalue weighted by molar-refractivity contribution is 14.1. The summed E-state index contributed by atoms with van der Waals surface area (Å²) in [4.78, 5) is 12.0. The third-order valence-electron chi connectivity index (χ3n) is 3.37. The van der Waals surface area contributed by atoms with Gasteiger partial charge in [0.15, 0.2) is 0 Å². The number of nitrogens with zero attached hydrogens (tertiary/aromatic N) is 1. The minimum Gasteiger partial charge on any atom is -0.267 e. The molecule has 0 bridgehead atoms. The third-order valence-corrected chi connectivity index (χ3v) is 4.31. The minimum absolute atomic E-state index is 0.116. The molecule has 0 spiro atoms. The molecule has 1 aliphatic carbocycles. The van der Waals surface area contributed by atoms with Crippen LogP contribution in [0.2, 0.25) is 0 Å². The van der Waals surface area contributed by atoms with Gasteiger partial charge in [0, 0.05) is 9.28 Å². The maximum absolute atomic E-state index is 12.0. The van der Waals surface area contributed by atoms with Crippen LogP contribution in [0.3, 0.4) is 0 Å². The summed E-state index contributed by atoms with van der Waals surface area (Å²) in [5, 5.41) is 4.31. The molecular weight excluding hydrogens is 339 g/mol. The molecule has 1 fully saturated rings. The van der Waals surface area contributed by atoms with Gasteiger partial charge < -0.3 is 0 Å². The quantitative estimate of drug-likeness (QED) is 0.653. The zero-order valence-electron chi connectivity index (χ0n) is 10.4. The number of carbonyl (C=O) groups excluding carboxylic acids is 1. The number of benzene rings is 1. The van der Waals surface area contributed by atoms with Crippen molar-refractivity contribution in [1.82, 2.24) is 5.43 Å². The monoisotopic (exact) mass is 356 g/mol. The number of amides is 1. The third kappa shape index (κ3) is 3.10. The predicted octanol–water partition coefficient (Wildman–Crippen LogP) is 3.59. The van der Waals surface area contributed by atoms with Crippen molar-refractivity contribution in [3.05, 3.63) is 33.4 Å². The van der Waals surface area contributed by atoms with Gasteiger partial charge in [-0.2, -0.15) is 5.10 Å². The molecule has 1 aromatic carbocycles. The Labute approximate surface area is 121 Å². The molecule has 18 heavy (non-hydrogen) atoms. The topological polar surface area (TPSA) is 41.5 Å². The SMILES string of the molecule is CCC1CCC/C1=N/NC(=O)c1ccccc1I. The van der Waals surface area contributed by atoms with E-state index >= 15 is 0 Å². The van der Waals surface area contributed by atoms with E-state index in [0.29, 0.717) is 11.5 Å². The molecule has 1 amide bonds. The van der Waals surface area contributed by atoms with Gasteiger partial charge >= 0.3 is 0 Å². The first-order valence-electron chi connectivity index (χ1n) is 6.33. The smallest absolute Gasteiger partial charge is 0.267 e. The number of rotatable bonds is 3. The van der Waals surface area contributed by atoms with E-state index in [9.17, 15) is 4.79 Å². The molecule has 2 rings (SSSR count). The average molecular weight is 356 g/mol. The largest absolute Gasteiger partial charge is 0.272 e. The average Bonchev–Trinajstić information content (AvgIpc) is 2.84. The number of hydrogen-bond acceptors (Lipinski definition) is 2. The molecule has 96 valence electrons. The standard InChI is InChI=1S/C14H17IN2O/c1-2-10-6-5-9-13(10)16-17-14(18)11-7-3-4-8-12(11)15/h3-4,7-8,10H,2,5-6,9H2,1H3,(H,17,18)/b16-13-. The minimum atomic E-state index is -0.116. The molecule has 0 aromatic heterocycles. The summed E-state index contributed by atoms with van der Waals surface area (Å²) < 4.78 is 0.950. The number of nitrogens with one attached hydrogen (secondary N) is 1. The van der Waals surface area contributed by atoms with Crippen molar-refractivity contribution in [2.45, 2.75) is 32.6 Å². The second-order valence-corrected chi connectivity index (χ2v) is 5.68. The highest BCUT2D eigenvalue weighted by atomic mass is 127. The molecule has 0 heterocycles. The summed E-state index contributed by atoms with van der Waals surface area (Å²) in [6.07, 6.45) is 4.52. The van der Waals surface area contributed by atoms with Gasteiger partial charge in [0.1, 0.15) is 0 Å². The van der Waals surface area contributed by atoms with E-state index in [1.54, 1.807) is 0 Å². The fourth-order valence-electron chi connectivity index (χ4n) is 2.32. The lowest BCUT2D eigenvalue weighted by molar-refractivity contribution is 0.0953. The number of carbonyl (C=O) groups is 1. The van der Waals surface area contributed by atoms with Crippen LogP contribution in [0.4, 0.5) is 0 Å². The molecule has 1 aliphatic rings. The Bertz CT molecular complexity index is 471. The van der Waals surface area contributed by atoms with Crippen LogP contribution in [0.25, 0.3) is 0 Å². The lowest BCUT2D eigenvalue weighted by Gasteiger charge is -2.08. The molecule has 1 atom stereocenters. The first-order chi connectivity index (χ1) is 8.72. The van der Waals surface area contributed by atoms with E-state index in [4.69, 9.17) is 0 Å². The van der Waals surface area contributed by atoms with Crippen LogP contribution < -0.4 is 5.43 Å². The summed E-state index contributed by atoms with van der Waals surface area (Å²) in [5.41, 5.74) is 4.53. The summed E-state index contributed by atoms with van der Waals surface area (Å²) in [5.74, 6) is 0.439. The summed E-state index contributed by atoms with van der Waals surface area (Å²) in [6.45, 7) is 2.17. The van der Waals surface area contributed by atoms with Crippen molar-refractivity contribution in [3.63, 3.8) is 0 Å². The zero-order chi connectivity index (χ0) is 13.0. The lowest BCUT2D eigenvalue weighted by Crippen LogP contribution is -2.21. The van der Waals surface area contributed by atoms with Crippen molar-refractivity contribution in [1.29, 1.82) is 0 Å². The Morgan fingerprint density at radius 1 is 1.50 bits per heavy atom. The van der Waals surface area contributed by atoms with Crippen LogP contribution in [0.15, 0.2) is 29.4 Å². The van der Waals surface area contributed by atoms with Gasteiger partial charge in [-0.05, 0) is 66.3 Å². The molecule has 1 saturated carbocycles. The predicted molar refractivity (Wildman–Crippen MR) is 81.7 cm³/mol. The zero-order valence-corrected chi connectivity index (χ0v) is 12.6. The fourth-order valence-corrected chi connectivity index (χ4v) is 2.95. The second-order valence-electron chi connectivity index (χ2n) is 4.52. The molecule has 0 aliphatic heterocycles. The highest BCUT2D eigenvalue weighted by Gasteiger charge is 2.21. The van der Waals surface area contributed by atoms with E-state index in [1.807, 2.05) is 24.3 Å². The highest BCUT2D eigenvalue weighted by Crippen LogP contribution is 2.25. The Morgan fingerprint density at radius 3 is 3.00 bits per heavy atom. The van der Waals surface area contributed by atoms with Gasteiger partial charge in [-0.1, -0.05) is 19.1 Å². The van der Waals surface area contributed by atoms with Gasteiger partial charge in [-0.25, -0.2) is 5.43 Å². The number of hydrogen-bond donors (Lipinski definition) is 1. The second kappa shape index (κ2) is 6.31. The number of halogens is 1. The van der Waals surface area contributed by atoms with Gasteiger partial charge in [-0.3, -0.25) is 4.79 Å². The molecular formula is C14H17IN2O. The first kappa shape index (κ1) is 13.5. The molecule has 0 saturated heterocycles. The fraction of sp³-hybridized carbons (Fsp3) is 0.429. The maximum atomic E-state index is 12.0. The van der Waals surface area contributed by atoms with Crippen LogP contribution in [-0.2, 0) is 0 Å². The van der Waals surface area contributed by atoms with E-state index in [2.05, 4.69) is 40.0 Å².